The van der Waals surface area contributed by atoms with Crippen molar-refractivity contribution in [3.05, 3.63) is 77.9 Å². The van der Waals surface area contributed by atoms with Crippen LogP contribution >= 0.6 is 0 Å². The Morgan fingerprint density at radius 1 is 0.926 bits per heavy atom. The first-order valence-corrected chi connectivity index (χ1v) is 10.4. The summed E-state index contributed by atoms with van der Waals surface area (Å²) >= 11 is 0. The fraction of sp³-hybridized carbons (Fsp3) is 0.227. The van der Waals surface area contributed by atoms with Crippen LogP contribution in [0.5, 0.6) is 0 Å². The molecular formula is C22H23NO3S. The molecule has 0 radical (unpaired) electrons. The van der Waals surface area contributed by atoms with Crippen LogP contribution in [-0.2, 0) is 15.6 Å². The van der Waals surface area contributed by atoms with Crippen molar-refractivity contribution in [2.45, 2.75) is 31.3 Å². The third-order valence-corrected chi connectivity index (χ3v) is 7.09. The van der Waals surface area contributed by atoms with Gasteiger partial charge in [-0.05, 0) is 55.3 Å². The van der Waals surface area contributed by atoms with Crippen LogP contribution in [0.2, 0.25) is 0 Å². The molecule has 1 N–H and O–H groups in total. The van der Waals surface area contributed by atoms with Gasteiger partial charge in [-0.2, -0.15) is 0 Å². The van der Waals surface area contributed by atoms with E-state index in [1.165, 1.54) is 0 Å². The van der Waals surface area contributed by atoms with Crippen LogP contribution in [0.3, 0.4) is 0 Å². The summed E-state index contributed by atoms with van der Waals surface area (Å²) in [6, 6.07) is 20.3. The summed E-state index contributed by atoms with van der Waals surface area (Å²) in [5.41, 5.74) is 1.82. The monoisotopic (exact) mass is 381 g/mol. The highest BCUT2D eigenvalue weighted by molar-refractivity contribution is 7.91. The molecule has 3 rings (SSSR count). The van der Waals surface area contributed by atoms with Gasteiger partial charge in [0.25, 0.3) is 5.91 Å². The number of anilines is 1. The van der Waals surface area contributed by atoms with Crippen LogP contribution in [0.1, 0.15) is 36.7 Å². The number of amides is 1. The molecule has 1 amide bonds. The summed E-state index contributed by atoms with van der Waals surface area (Å²) in [4.78, 5) is 12.8. The Morgan fingerprint density at radius 3 is 2.33 bits per heavy atom. The van der Waals surface area contributed by atoms with Gasteiger partial charge in [0.2, 0.25) is 0 Å². The summed E-state index contributed by atoms with van der Waals surface area (Å²) < 4.78 is 24.0. The molecule has 0 aliphatic heterocycles. The Labute approximate surface area is 160 Å². The lowest BCUT2D eigenvalue weighted by atomic mass is 10.0. The summed E-state index contributed by atoms with van der Waals surface area (Å²) in [5.74, 6) is -0.281. The van der Waals surface area contributed by atoms with E-state index in [-0.39, 0.29) is 11.7 Å². The maximum Gasteiger partial charge on any atom is 0.256 e. The second-order valence-electron chi connectivity index (χ2n) is 7.55. The highest BCUT2D eigenvalue weighted by Crippen LogP contribution is 2.23. The van der Waals surface area contributed by atoms with Crippen molar-refractivity contribution in [3.63, 3.8) is 0 Å². The summed E-state index contributed by atoms with van der Waals surface area (Å²) in [6.45, 7) is 5.07. The van der Waals surface area contributed by atoms with Crippen molar-refractivity contribution in [2.75, 3.05) is 5.32 Å². The van der Waals surface area contributed by atoms with E-state index in [0.717, 1.165) is 10.8 Å². The van der Waals surface area contributed by atoms with Gasteiger partial charge in [-0.3, -0.25) is 4.79 Å². The van der Waals surface area contributed by atoms with Crippen molar-refractivity contribution in [3.8, 4) is 0 Å². The number of carbonyl (C=O) groups excluding carboxylic acids is 1. The van der Waals surface area contributed by atoms with Crippen molar-refractivity contribution >= 4 is 32.2 Å². The quantitative estimate of drug-likeness (QED) is 0.706. The average molecular weight is 381 g/mol. The molecule has 0 saturated carbocycles. The number of benzene rings is 3. The highest BCUT2D eigenvalue weighted by Gasteiger charge is 2.29. The predicted molar refractivity (Wildman–Crippen MR) is 111 cm³/mol. The second-order valence-corrected chi connectivity index (χ2v) is 10.3. The zero-order valence-electron chi connectivity index (χ0n) is 15.7. The number of hydrogen-bond acceptors (Lipinski definition) is 3. The Hall–Kier alpha value is -2.66. The normalized spacial score (nSPS) is 12.1. The standard InChI is InChI=1S/C22H23NO3S/c1-22(2,3)27(25,26)15-16-8-6-11-18(14-16)23-21(24)20-13-7-10-17-9-4-5-12-19(17)20/h4-14H,15H2,1-3H3,(H,23,24). The minimum Gasteiger partial charge on any atom is -0.322 e. The first-order chi connectivity index (χ1) is 12.7. The lowest BCUT2D eigenvalue weighted by Crippen LogP contribution is -2.29. The topological polar surface area (TPSA) is 63.2 Å². The zero-order chi connectivity index (χ0) is 19.7. The van der Waals surface area contributed by atoms with E-state index < -0.39 is 14.6 Å². The van der Waals surface area contributed by atoms with Gasteiger partial charge in [0, 0.05) is 11.3 Å². The van der Waals surface area contributed by atoms with Crippen LogP contribution in [0, 0.1) is 0 Å². The van der Waals surface area contributed by atoms with E-state index in [2.05, 4.69) is 5.32 Å². The molecule has 3 aromatic carbocycles. The maximum absolute atomic E-state index is 12.8. The van der Waals surface area contributed by atoms with E-state index in [1.807, 2.05) is 36.4 Å². The van der Waals surface area contributed by atoms with Crippen molar-refractivity contribution in [2.24, 2.45) is 0 Å². The number of nitrogens with one attached hydrogen (secondary N) is 1. The van der Waals surface area contributed by atoms with Crippen LogP contribution in [0.4, 0.5) is 5.69 Å². The van der Waals surface area contributed by atoms with Gasteiger partial charge in [0.05, 0.1) is 10.5 Å². The fourth-order valence-electron chi connectivity index (χ4n) is 2.80. The van der Waals surface area contributed by atoms with Gasteiger partial charge in [0.15, 0.2) is 9.84 Å². The van der Waals surface area contributed by atoms with Gasteiger partial charge in [-0.15, -0.1) is 0 Å². The van der Waals surface area contributed by atoms with Crippen LogP contribution in [0.15, 0.2) is 66.7 Å². The molecule has 27 heavy (non-hydrogen) atoms. The Morgan fingerprint density at radius 2 is 1.59 bits per heavy atom. The Kier molecular flexibility index (Phi) is 5.07. The number of hydrogen-bond donors (Lipinski definition) is 1. The lowest BCUT2D eigenvalue weighted by molar-refractivity contribution is 0.102. The molecule has 0 aromatic heterocycles. The van der Waals surface area contributed by atoms with Crippen LogP contribution < -0.4 is 5.32 Å². The van der Waals surface area contributed by atoms with E-state index in [0.29, 0.717) is 16.8 Å². The number of fused-ring (bicyclic) bond motifs is 1. The van der Waals surface area contributed by atoms with Crippen LogP contribution in [0.25, 0.3) is 10.8 Å². The third-order valence-electron chi connectivity index (χ3n) is 4.51. The minimum atomic E-state index is -3.29. The second kappa shape index (κ2) is 7.16. The molecule has 0 aliphatic carbocycles. The molecule has 140 valence electrons. The van der Waals surface area contributed by atoms with Gasteiger partial charge in [0.1, 0.15) is 0 Å². The molecule has 5 heteroatoms. The van der Waals surface area contributed by atoms with Gasteiger partial charge >= 0.3 is 0 Å². The smallest absolute Gasteiger partial charge is 0.256 e. The molecule has 0 saturated heterocycles. The van der Waals surface area contributed by atoms with Gasteiger partial charge in [-0.25, -0.2) is 8.42 Å². The first kappa shape index (κ1) is 19.1. The molecule has 0 fully saturated rings. The van der Waals surface area contributed by atoms with Crippen LogP contribution in [-0.4, -0.2) is 19.1 Å². The van der Waals surface area contributed by atoms with E-state index in [1.54, 1.807) is 51.1 Å². The molecule has 0 atom stereocenters. The molecule has 4 nitrogen and oxygen atoms in total. The zero-order valence-corrected chi connectivity index (χ0v) is 16.5. The minimum absolute atomic E-state index is 0.0610. The highest BCUT2D eigenvalue weighted by atomic mass is 32.2. The average Bonchev–Trinajstić information content (AvgIpc) is 2.60. The Balaban J connectivity index is 1.85. The summed E-state index contributed by atoms with van der Waals surface area (Å²) in [7, 11) is -3.29. The molecule has 0 spiro atoms. The number of rotatable bonds is 4. The van der Waals surface area contributed by atoms with Crippen molar-refractivity contribution in [1.29, 1.82) is 0 Å². The Bertz CT molecular complexity index is 1090. The molecular weight excluding hydrogens is 358 g/mol. The SMILES string of the molecule is CC(C)(C)S(=O)(=O)Cc1cccc(NC(=O)c2cccc3ccccc23)c1. The molecule has 0 unspecified atom stereocenters. The van der Waals surface area contributed by atoms with Crippen molar-refractivity contribution in [1.82, 2.24) is 0 Å². The van der Waals surface area contributed by atoms with E-state index >= 15 is 0 Å². The largest absolute Gasteiger partial charge is 0.322 e. The summed E-state index contributed by atoms with van der Waals surface area (Å²) in [6.07, 6.45) is 0. The maximum atomic E-state index is 12.8. The lowest BCUT2D eigenvalue weighted by Gasteiger charge is -2.19. The van der Waals surface area contributed by atoms with Gasteiger partial charge in [-0.1, -0.05) is 48.5 Å². The molecule has 3 aromatic rings. The third kappa shape index (κ3) is 4.19. The van der Waals surface area contributed by atoms with E-state index in [4.69, 9.17) is 0 Å². The number of sulfone groups is 1. The molecule has 0 heterocycles. The van der Waals surface area contributed by atoms with Gasteiger partial charge < -0.3 is 5.32 Å². The number of carbonyl (C=O) groups is 1. The van der Waals surface area contributed by atoms with E-state index in [9.17, 15) is 13.2 Å². The first-order valence-electron chi connectivity index (χ1n) is 8.78. The molecule has 0 aliphatic rings. The van der Waals surface area contributed by atoms with Crippen molar-refractivity contribution < 1.29 is 13.2 Å². The fourth-order valence-corrected chi connectivity index (χ4v) is 3.85. The predicted octanol–water partition coefficient (Wildman–Crippen LogP) is 4.81. The summed E-state index contributed by atoms with van der Waals surface area (Å²) in [5, 5.41) is 4.76. The molecule has 0 bridgehead atoms.